The van der Waals surface area contributed by atoms with Gasteiger partial charge in [0.15, 0.2) is 0 Å². The van der Waals surface area contributed by atoms with Gasteiger partial charge in [-0.2, -0.15) is 0 Å². The van der Waals surface area contributed by atoms with Crippen LogP contribution in [0.1, 0.15) is 43.4 Å². The van der Waals surface area contributed by atoms with Gasteiger partial charge in [0.25, 0.3) is 10.0 Å². The maximum Gasteiger partial charge on any atom is 0.264 e. The van der Waals surface area contributed by atoms with Crippen molar-refractivity contribution in [2.24, 2.45) is 0 Å². The molecule has 9 heteroatoms. The molecule has 0 spiro atoms. The van der Waals surface area contributed by atoms with E-state index in [0.717, 1.165) is 28.3 Å². The van der Waals surface area contributed by atoms with Gasteiger partial charge < -0.3 is 10.2 Å². The van der Waals surface area contributed by atoms with Crippen LogP contribution in [0.4, 0.5) is 5.69 Å². The molecule has 3 rings (SSSR count). The molecule has 3 aromatic carbocycles. The van der Waals surface area contributed by atoms with Crippen LogP contribution in [-0.4, -0.2) is 44.3 Å². The Balaban J connectivity index is 2.02. The van der Waals surface area contributed by atoms with Crippen molar-refractivity contribution in [1.82, 2.24) is 10.2 Å². The lowest BCUT2D eigenvalue weighted by Gasteiger charge is -2.32. The fourth-order valence-electron chi connectivity index (χ4n) is 4.06. The van der Waals surface area contributed by atoms with Gasteiger partial charge >= 0.3 is 0 Å². The summed E-state index contributed by atoms with van der Waals surface area (Å²) in [6, 6.07) is 19.5. The Kier molecular flexibility index (Phi) is 10.5. The lowest BCUT2D eigenvalue weighted by Crippen LogP contribution is -2.51. The molecule has 7 nitrogen and oxygen atoms in total. The van der Waals surface area contributed by atoms with Crippen LogP contribution in [0.2, 0.25) is 5.02 Å². The lowest BCUT2D eigenvalue weighted by molar-refractivity contribution is -0.139. The molecule has 0 aliphatic heterocycles. The van der Waals surface area contributed by atoms with E-state index in [9.17, 15) is 18.0 Å². The van der Waals surface area contributed by atoms with Gasteiger partial charge in [-0.05, 0) is 74.2 Å². The van der Waals surface area contributed by atoms with Gasteiger partial charge in [-0.15, -0.1) is 0 Å². The summed E-state index contributed by atoms with van der Waals surface area (Å²) in [6.07, 6.45) is 1.73. The SMILES string of the molecule is CCCCNC(=O)C(C)N(Cc1ccccc1Cl)C(=O)CN(c1ccc(C)c(C)c1)S(=O)(=O)c1ccccc1. The van der Waals surface area contributed by atoms with Gasteiger partial charge in [0.05, 0.1) is 10.6 Å². The first kappa shape index (κ1) is 30.2. The fourth-order valence-corrected chi connectivity index (χ4v) is 5.68. The zero-order valence-electron chi connectivity index (χ0n) is 22.9. The Hall–Kier alpha value is -3.36. The van der Waals surface area contributed by atoms with E-state index < -0.39 is 28.5 Å². The number of amides is 2. The summed E-state index contributed by atoms with van der Waals surface area (Å²) in [5.74, 6) is -0.835. The van der Waals surface area contributed by atoms with Gasteiger partial charge in [-0.25, -0.2) is 8.42 Å². The maximum atomic E-state index is 13.9. The standard InChI is InChI=1S/C30H36ClN3O4S/c1-5-6-18-32-30(36)24(4)33(20-25-12-10-11-15-28(25)31)29(35)21-34(26-17-16-22(2)23(3)19-26)39(37,38)27-13-8-7-9-14-27/h7-17,19,24H,5-6,18,20-21H2,1-4H3,(H,32,36). The number of aryl methyl sites for hydroxylation is 2. The quantitative estimate of drug-likeness (QED) is 0.292. The number of benzene rings is 3. The molecule has 1 N–H and O–H groups in total. The normalized spacial score (nSPS) is 12.0. The van der Waals surface area contributed by atoms with Gasteiger partial charge in [-0.3, -0.25) is 13.9 Å². The van der Waals surface area contributed by atoms with E-state index in [2.05, 4.69) is 5.32 Å². The van der Waals surface area contributed by atoms with Crippen molar-refractivity contribution in [2.75, 3.05) is 17.4 Å². The number of hydrogen-bond donors (Lipinski definition) is 1. The summed E-state index contributed by atoms with van der Waals surface area (Å²) >= 11 is 6.40. The number of nitrogens with one attached hydrogen (secondary N) is 1. The molecule has 1 atom stereocenters. The average Bonchev–Trinajstić information content (AvgIpc) is 2.92. The number of carbonyl (C=O) groups excluding carboxylic acids is 2. The lowest BCUT2D eigenvalue weighted by atomic mass is 10.1. The predicted molar refractivity (Wildman–Crippen MR) is 156 cm³/mol. The first-order chi connectivity index (χ1) is 18.6. The third-order valence-corrected chi connectivity index (χ3v) is 8.84. The molecule has 0 fully saturated rings. The van der Waals surface area contributed by atoms with Crippen LogP contribution in [0, 0.1) is 13.8 Å². The number of anilines is 1. The van der Waals surface area contributed by atoms with Gasteiger partial charge in [0, 0.05) is 18.1 Å². The maximum absolute atomic E-state index is 13.9. The minimum absolute atomic E-state index is 0.0486. The Morgan fingerprint density at radius 2 is 1.62 bits per heavy atom. The second-order valence-corrected chi connectivity index (χ2v) is 11.8. The fraction of sp³-hybridized carbons (Fsp3) is 0.333. The molecule has 2 amide bonds. The highest BCUT2D eigenvalue weighted by Gasteiger charge is 2.32. The molecule has 3 aromatic rings. The number of nitrogens with zero attached hydrogens (tertiary/aromatic N) is 2. The third kappa shape index (κ3) is 7.61. The number of halogens is 1. The average molecular weight is 570 g/mol. The van der Waals surface area contributed by atoms with Crippen LogP contribution in [0.15, 0.2) is 77.7 Å². The highest BCUT2D eigenvalue weighted by atomic mass is 35.5. The van der Waals surface area contributed by atoms with E-state index in [1.54, 1.807) is 61.5 Å². The molecule has 0 aliphatic rings. The van der Waals surface area contributed by atoms with E-state index in [4.69, 9.17) is 11.6 Å². The first-order valence-electron chi connectivity index (χ1n) is 13.0. The van der Waals surface area contributed by atoms with Crippen molar-refractivity contribution < 1.29 is 18.0 Å². The number of sulfonamides is 1. The summed E-state index contributed by atoms with van der Waals surface area (Å²) in [6.45, 7) is 7.54. The van der Waals surface area contributed by atoms with E-state index in [-0.39, 0.29) is 17.3 Å². The van der Waals surface area contributed by atoms with Crippen molar-refractivity contribution in [1.29, 1.82) is 0 Å². The second kappa shape index (κ2) is 13.6. The summed E-state index contributed by atoms with van der Waals surface area (Å²) in [7, 11) is -4.10. The Morgan fingerprint density at radius 3 is 2.26 bits per heavy atom. The number of hydrogen-bond acceptors (Lipinski definition) is 4. The highest BCUT2D eigenvalue weighted by molar-refractivity contribution is 7.92. The molecule has 0 saturated heterocycles. The number of carbonyl (C=O) groups is 2. The van der Waals surface area contributed by atoms with Gasteiger partial charge in [-0.1, -0.05) is 67.4 Å². The van der Waals surface area contributed by atoms with Crippen molar-refractivity contribution in [3.8, 4) is 0 Å². The van der Waals surface area contributed by atoms with Crippen LogP contribution < -0.4 is 9.62 Å². The Morgan fingerprint density at radius 1 is 0.949 bits per heavy atom. The number of unbranched alkanes of at least 4 members (excludes halogenated alkanes) is 1. The van der Waals surface area contributed by atoms with E-state index in [0.29, 0.717) is 22.8 Å². The largest absolute Gasteiger partial charge is 0.354 e. The minimum Gasteiger partial charge on any atom is -0.354 e. The molecule has 0 bridgehead atoms. The molecule has 1 unspecified atom stereocenters. The van der Waals surface area contributed by atoms with Gasteiger partial charge in [0.2, 0.25) is 11.8 Å². The van der Waals surface area contributed by atoms with Crippen LogP contribution in [0.25, 0.3) is 0 Å². The molecule has 0 radical (unpaired) electrons. The zero-order chi connectivity index (χ0) is 28.6. The van der Waals surface area contributed by atoms with Crippen molar-refractivity contribution in [3.63, 3.8) is 0 Å². The molecule has 0 saturated carbocycles. The monoisotopic (exact) mass is 569 g/mol. The zero-order valence-corrected chi connectivity index (χ0v) is 24.4. The van der Waals surface area contributed by atoms with E-state index >= 15 is 0 Å². The number of rotatable bonds is 12. The highest BCUT2D eigenvalue weighted by Crippen LogP contribution is 2.27. The van der Waals surface area contributed by atoms with Crippen LogP contribution in [0.5, 0.6) is 0 Å². The molecular weight excluding hydrogens is 534 g/mol. The summed E-state index contributed by atoms with van der Waals surface area (Å²) < 4.78 is 28.8. The van der Waals surface area contributed by atoms with Crippen molar-refractivity contribution in [2.45, 2.75) is 58.0 Å². The second-order valence-electron chi connectivity index (χ2n) is 9.53. The molecular formula is C30H36ClN3O4S. The Bertz CT molecular complexity index is 1400. The van der Waals surface area contributed by atoms with Crippen LogP contribution >= 0.6 is 11.6 Å². The smallest absolute Gasteiger partial charge is 0.264 e. The summed E-state index contributed by atoms with van der Waals surface area (Å²) in [4.78, 5) is 28.4. The van der Waals surface area contributed by atoms with Crippen molar-refractivity contribution in [3.05, 3.63) is 94.5 Å². The van der Waals surface area contributed by atoms with E-state index in [1.165, 1.54) is 17.0 Å². The van der Waals surface area contributed by atoms with Crippen LogP contribution in [0.3, 0.4) is 0 Å². The Labute approximate surface area is 236 Å². The predicted octanol–water partition coefficient (Wildman–Crippen LogP) is 5.49. The molecule has 0 aliphatic carbocycles. The topological polar surface area (TPSA) is 86.8 Å². The first-order valence-corrected chi connectivity index (χ1v) is 14.8. The minimum atomic E-state index is -4.10. The van der Waals surface area contributed by atoms with E-state index in [1.807, 2.05) is 26.8 Å². The summed E-state index contributed by atoms with van der Waals surface area (Å²) in [5.41, 5.74) is 2.92. The van der Waals surface area contributed by atoms with Crippen molar-refractivity contribution >= 4 is 39.1 Å². The third-order valence-electron chi connectivity index (χ3n) is 6.68. The molecule has 0 aromatic heterocycles. The molecule has 0 heterocycles. The summed E-state index contributed by atoms with van der Waals surface area (Å²) in [5, 5.41) is 3.33. The molecule has 39 heavy (non-hydrogen) atoms. The van der Waals surface area contributed by atoms with Gasteiger partial charge in [0.1, 0.15) is 12.6 Å². The molecule has 208 valence electrons. The van der Waals surface area contributed by atoms with Crippen LogP contribution in [-0.2, 0) is 26.2 Å².